The summed E-state index contributed by atoms with van der Waals surface area (Å²) in [6, 6.07) is 0. The third-order valence-corrected chi connectivity index (χ3v) is 4.63. The minimum atomic E-state index is 0.474. The predicted molar refractivity (Wildman–Crippen MR) is 88.5 cm³/mol. The van der Waals surface area contributed by atoms with Crippen LogP contribution in [-0.4, -0.2) is 43.0 Å². The van der Waals surface area contributed by atoms with Gasteiger partial charge in [0, 0.05) is 25.6 Å². The second-order valence-electron chi connectivity index (χ2n) is 5.95. The van der Waals surface area contributed by atoms with Crippen molar-refractivity contribution >= 4 is 5.95 Å². The van der Waals surface area contributed by atoms with Crippen LogP contribution in [0, 0.1) is 0 Å². The number of anilines is 1. The van der Waals surface area contributed by atoms with E-state index in [-0.39, 0.29) is 0 Å². The van der Waals surface area contributed by atoms with Crippen molar-refractivity contribution in [3.05, 3.63) is 23.5 Å². The van der Waals surface area contributed by atoms with E-state index in [0.29, 0.717) is 5.92 Å². The molecule has 7 nitrogen and oxygen atoms in total. The Morgan fingerprint density at radius 3 is 2.39 bits per heavy atom. The fraction of sp³-hybridized carbons (Fsp3) is 0.688. The highest BCUT2D eigenvalue weighted by molar-refractivity contribution is 5.31. The van der Waals surface area contributed by atoms with Crippen LogP contribution in [0.2, 0.25) is 0 Å². The van der Waals surface area contributed by atoms with E-state index in [1.165, 1.54) is 0 Å². The monoisotopic (exact) mass is 315 g/mol. The van der Waals surface area contributed by atoms with Crippen LogP contribution in [0.3, 0.4) is 0 Å². The van der Waals surface area contributed by atoms with E-state index in [0.717, 1.165) is 68.5 Å². The van der Waals surface area contributed by atoms with Gasteiger partial charge in [-0.05, 0) is 32.6 Å². The third kappa shape index (κ3) is 3.18. The average molecular weight is 315 g/mol. The highest BCUT2D eigenvalue weighted by atomic mass is 15.3. The zero-order valence-electron chi connectivity index (χ0n) is 14.2. The van der Waals surface area contributed by atoms with E-state index in [4.69, 9.17) is 4.98 Å². The lowest BCUT2D eigenvalue weighted by Gasteiger charge is -2.31. The van der Waals surface area contributed by atoms with Crippen LogP contribution in [0.5, 0.6) is 0 Å². The van der Waals surface area contributed by atoms with Gasteiger partial charge in [-0.2, -0.15) is 5.10 Å². The van der Waals surface area contributed by atoms with Crippen LogP contribution in [-0.2, 0) is 19.4 Å². The highest BCUT2D eigenvalue weighted by Gasteiger charge is 2.26. The summed E-state index contributed by atoms with van der Waals surface area (Å²) in [6.45, 7) is 9.16. The molecule has 1 saturated heterocycles. The molecule has 124 valence electrons. The minimum absolute atomic E-state index is 0.474. The second-order valence-corrected chi connectivity index (χ2v) is 5.95. The summed E-state index contributed by atoms with van der Waals surface area (Å²) in [4.78, 5) is 6.97. The van der Waals surface area contributed by atoms with Crippen molar-refractivity contribution in [1.29, 1.82) is 0 Å². The molecule has 3 heterocycles. The SMILES string of the molecule is CCc1nnc(N2CCC(c3nncn3CC)CC2)nc1CC. The molecule has 0 saturated carbocycles. The molecule has 0 N–H and O–H groups in total. The molecule has 0 radical (unpaired) electrons. The lowest BCUT2D eigenvalue weighted by atomic mass is 9.96. The minimum Gasteiger partial charge on any atom is -0.339 e. The van der Waals surface area contributed by atoms with Gasteiger partial charge >= 0.3 is 0 Å². The van der Waals surface area contributed by atoms with Gasteiger partial charge in [0.2, 0.25) is 5.95 Å². The van der Waals surface area contributed by atoms with Crippen LogP contribution in [0.1, 0.15) is 56.7 Å². The van der Waals surface area contributed by atoms with Gasteiger partial charge in [-0.25, -0.2) is 4.98 Å². The lowest BCUT2D eigenvalue weighted by molar-refractivity contribution is 0.461. The van der Waals surface area contributed by atoms with Crippen LogP contribution >= 0.6 is 0 Å². The Hall–Kier alpha value is -2.05. The van der Waals surface area contributed by atoms with E-state index in [2.05, 4.69) is 50.6 Å². The number of hydrogen-bond donors (Lipinski definition) is 0. The number of hydrogen-bond acceptors (Lipinski definition) is 6. The molecule has 3 rings (SSSR count). The van der Waals surface area contributed by atoms with Crippen LogP contribution in [0.15, 0.2) is 6.33 Å². The van der Waals surface area contributed by atoms with Crippen LogP contribution in [0.25, 0.3) is 0 Å². The molecule has 7 heteroatoms. The average Bonchev–Trinajstić information content (AvgIpc) is 3.10. The first-order chi connectivity index (χ1) is 11.3. The van der Waals surface area contributed by atoms with Crippen molar-refractivity contribution < 1.29 is 0 Å². The van der Waals surface area contributed by atoms with Crippen molar-refractivity contribution in [2.24, 2.45) is 0 Å². The summed E-state index contributed by atoms with van der Waals surface area (Å²) in [5.41, 5.74) is 2.09. The Bertz CT molecular complexity index is 644. The normalized spacial score (nSPS) is 16.0. The Labute approximate surface area is 137 Å². The molecule has 1 aliphatic rings. The molecular formula is C16H25N7. The summed E-state index contributed by atoms with van der Waals surface area (Å²) in [5, 5.41) is 17.1. The maximum absolute atomic E-state index is 4.73. The molecule has 0 aliphatic carbocycles. The number of nitrogens with zero attached hydrogens (tertiary/aromatic N) is 7. The molecule has 0 atom stereocenters. The first-order valence-corrected chi connectivity index (χ1v) is 8.61. The van der Waals surface area contributed by atoms with Crippen molar-refractivity contribution in [2.75, 3.05) is 18.0 Å². The molecule has 23 heavy (non-hydrogen) atoms. The molecule has 0 aromatic carbocycles. The Morgan fingerprint density at radius 1 is 1.00 bits per heavy atom. The maximum Gasteiger partial charge on any atom is 0.245 e. The van der Waals surface area contributed by atoms with E-state index in [1.54, 1.807) is 0 Å². The lowest BCUT2D eigenvalue weighted by Crippen LogP contribution is -2.35. The van der Waals surface area contributed by atoms with E-state index < -0.39 is 0 Å². The van der Waals surface area contributed by atoms with E-state index >= 15 is 0 Å². The topological polar surface area (TPSA) is 72.6 Å². The van der Waals surface area contributed by atoms with E-state index in [1.807, 2.05) is 6.33 Å². The van der Waals surface area contributed by atoms with Crippen molar-refractivity contribution in [2.45, 2.75) is 58.9 Å². The largest absolute Gasteiger partial charge is 0.339 e. The molecule has 0 amide bonds. The van der Waals surface area contributed by atoms with Gasteiger partial charge in [0.1, 0.15) is 12.2 Å². The molecule has 0 unspecified atom stereocenters. The summed E-state index contributed by atoms with van der Waals surface area (Å²) >= 11 is 0. The van der Waals surface area contributed by atoms with Gasteiger partial charge in [-0.3, -0.25) is 0 Å². The van der Waals surface area contributed by atoms with Crippen LogP contribution in [0.4, 0.5) is 5.95 Å². The third-order valence-electron chi connectivity index (χ3n) is 4.63. The summed E-state index contributed by atoms with van der Waals surface area (Å²) < 4.78 is 2.14. The molecule has 0 bridgehead atoms. The van der Waals surface area contributed by atoms with Crippen molar-refractivity contribution in [3.8, 4) is 0 Å². The molecule has 2 aromatic rings. The number of aryl methyl sites for hydroxylation is 3. The molecular weight excluding hydrogens is 290 g/mol. The highest BCUT2D eigenvalue weighted by Crippen LogP contribution is 2.28. The molecule has 1 fully saturated rings. The zero-order valence-corrected chi connectivity index (χ0v) is 14.2. The van der Waals surface area contributed by atoms with E-state index in [9.17, 15) is 0 Å². The quantitative estimate of drug-likeness (QED) is 0.840. The first kappa shape index (κ1) is 15.8. The first-order valence-electron chi connectivity index (χ1n) is 8.61. The van der Waals surface area contributed by atoms with Crippen molar-refractivity contribution in [3.63, 3.8) is 0 Å². The Kier molecular flexibility index (Phi) is 4.83. The van der Waals surface area contributed by atoms with Gasteiger partial charge in [-0.15, -0.1) is 15.3 Å². The maximum atomic E-state index is 4.73. The van der Waals surface area contributed by atoms with Crippen molar-refractivity contribution in [1.82, 2.24) is 29.9 Å². The summed E-state index contributed by atoms with van der Waals surface area (Å²) in [7, 11) is 0. The number of piperidine rings is 1. The van der Waals surface area contributed by atoms with Gasteiger partial charge in [-0.1, -0.05) is 13.8 Å². The predicted octanol–water partition coefficient (Wildman–Crippen LogP) is 1.99. The number of rotatable bonds is 5. The standard InChI is InChI=1S/C16H25N7/c1-4-13-14(5-2)19-21-16(18-13)23-9-7-12(8-10-23)15-20-17-11-22(15)6-3/h11-12H,4-10H2,1-3H3. The molecule has 1 aliphatic heterocycles. The van der Waals surface area contributed by atoms with Gasteiger partial charge in [0.25, 0.3) is 0 Å². The Morgan fingerprint density at radius 2 is 1.74 bits per heavy atom. The van der Waals surface area contributed by atoms with Gasteiger partial charge < -0.3 is 9.47 Å². The smallest absolute Gasteiger partial charge is 0.245 e. The van der Waals surface area contributed by atoms with Gasteiger partial charge in [0.05, 0.1) is 11.4 Å². The fourth-order valence-electron chi connectivity index (χ4n) is 3.22. The van der Waals surface area contributed by atoms with Crippen LogP contribution < -0.4 is 4.90 Å². The summed E-state index contributed by atoms with van der Waals surface area (Å²) in [6.07, 6.45) is 5.73. The number of aromatic nitrogens is 6. The van der Waals surface area contributed by atoms with Gasteiger partial charge in [0.15, 0.2) is 0 Å². The second kappa shape index (κ2) is 7.02. The summed E-state index contributed by atoms with van der Waals surface area (Å²) in [5.74, 6) is 2.36. The Balaban J connectivity index is 1.69. The molecule has 0 spiro atoms. The fourth-order valence-corrected chi connectivity index (χ4v) is 3.22. The zero-order chi connectivity index (χ0) is 16.2. The molecule has 2 aromatic heterocycles.